The van der Waals surface area contributed by atoms with Crippen LogP contribution in [0.2, 0.25) is 0 Å². The number of benzene rings is 2. The van der Waals surface area contributed by atoms with Crippen molar-refractivity contribution < 1.29 is 0 Å². The molecule has 3 aromatic rings. The number of aromatic nitrogens is 1. The fraction of sp³-hybridized carbons (Fsp3) is 0.0625. The van der Waals surface area contributed by atoms with Gasteiger partial charge in [-0.1, -0.05) is 36.4 Å². The van der Waals surface area contributed by atoms with Crippen molar-refractivity contribution in [2.45, 2.75) is 6.54 Å². The molecule has 0 saturated heterocycles. The quantitative estimate of drug-likeness (QED) is 0.564. The zero-order valence-electron chi connectivity index (χ0n) is 9.88. The van der Waals surface area contributed by atoms with Crippen LogP contribution in [0.15, 0.2) is 59.6 Å². The van der Waals surface area contributed by atoms with Crippen LogP contribution in [0, 0.1) is 0 Å². The third-order valence-corrected chi connectivity index (χ3v) is 3.44. The molecule has 1 aliphatic rings. The van der Waals surface area contributed by atoms with Crippen molar-refractivity contribution >= 4 is 17.1 Å². The molecule has 86 valence electrons. The van der Waals surface area contributed by atoms with Crippen molar-refractivity contribution in [3.05, 3.63) is 70.9 Å². The predicted octanol–water partition coefficient (Wildman–Crippen LogP) is 2.06. The third-order valence-electron chi connectivity index (χ3n) is 3.44. The molecule has 2 nitrogen and oxygen atoms in total. The lowest BCUT2D eigenvalue weighted by Crippen LogP contribution is -2.23. The Morgan fingerprint density at radius 2 is 1.78 bits per heavy atom. The summed E-state index contributed by atoms with van der Waals surface area (Å²) in [7, 11) is 0. The standard InChI is InChI=1S/C16H12N2/c1-3-7-15-13(6-1)11-18-14(10-17-15)9-12-5-2-4-8-16(12)18/h1-9,11H,10H2. The van der Waals surface area contributed by atoms with Gasteiger partial charge >= 0.3 is 0 Å². The van der Waals surface area contributed by atoms with Crippen LogP contribution >= 0.6 is 0 Å². The second kappa shape index (κ2) is 3.57. The minimum Gasteiger partial charge on any atom is -0.318 e. The van der Waals surface area contributed by atoms with Crippen molar-refractivity contribution in [3.63, 3.8) is 0 Å². The molecule has 0 bridgehead atoms. The molecule has 0 spiro atoms. The molecule has 2 aromatic carbocycles. The second-order valence-corrected chi connectivity index (χ2v) is 4.57. The molecule has 0 atom stereocenters. The fourth-order valence-electron chi connectivity index (χ4n) is 2.55. The van der Waals surface area contributed by atoms with Gasteiger partial charge in [0, 0.05) is 22.5 Å². The molecule has 0 unspecified atom stereocenters. The van der Waals surface area contributed by atoms with Crippen molar-refractivity contribution in [1.82, 2.24) is 4.57 Å². The highest BCUT2D eigenvalue weighted by atomic mass is 15.0. The first-order valence-electron chi connectivity index (χ1n) is 6.12. The number of hydrogen-bond donors (Lipinski definition) is 0. The van der Waals surface area contributed by atoms with Gasteiger partial charge in [-0.25, -0.2) is 0 Å². The maximum atomic E-state index is 4.67. The summed E-state index contributed by atoms with van der Waals surface area (Å²) in [4.78, 5) is 4.67. The summed E-state index contributed by atoms with van der Waals surface area (Å²) in [5, 5.41) is 3.53. The van der Waals surface area contributed by atoms with E-state index in [1.54, 1.807) is 0 Å². The van der Waals surface area contributed by atoms with Crippen LogP contribution in [-0.2, 0) is 6.54 Å². The molecule has 18 heavy (non-hydrogen) atoms. The lowest BCUT2D eigenvalue weighted by Gasteiger charge is -2.00. The van der Waals surface area contributed by atoms with Gasteiger partial charge in [-0.2, -0.15) is 0 Å². The van der Waals surface area contributed by atoms with E-state index in [9.17, 15) is 0 Å². The topological polar surface area (TPSA) is 17.3 Å². The number of fused-ring (bicyclic) bond motifs is 4. The normalized spacial score (nSPS) is 13.1. The summed E-state index contributed by atoms with van der Waals surface area (Å²) in [5.74, 6) is 0. The molecule has 0 fully saturated rings. The zero-order valence-corrected chi connectivity index (χ0v) is 9.88. The Labute approximate surface area is 105 Å². The van der Waals surface area contributed by atoms with Gasteiger partial charge in [0.1, 0.15) is 0 Å². The Kier molecular flexibility index (Phi) is 1.92. The number of para-hydroxylation sites is 2. The molecular formula is C16H12N2. The van der Waals surface area contributed by atoms with E-state index in [0.717, 1.165) is 11.9 Å². The summed E-state index contributed by atoms with van der Waals surface area (Å²) >= 11 is 0. The number of hydrogen-bond acceptors (Lipinski definition) is 1. The predicted molar refractivity (Wildman–Crippen MR) is 72.7 cm³/mol. The van der Waals surface area contributed by atoms with Crippen LogP contribution in [0.1, 0.15) is 5.69 Å². The first-order valence-corrected chi connectivity index (χ1v) is 6.12. The monoisotopic (exact) mass is 232 g/mol. The number of rotatable bonds is 0. The van der Waals surface area contributed by atoms with E-state index in [1.165, 1.54) is 21.8 Å². The van der Waals surface area contributed by atoms with E-state index in [-0.39, 0.29) is 0 Å². The minimum absolute atomic E-state index is 0.738. The molecule has 2 heterocycles. The highest BCUT2D eigenvalue weighted by Gasteiger charge is 2.07. The fourth-order valence-corrected chi connectivity index (χ4v) is 2.55. The molecule has 2 heteroatoms. The molecule has 1 aromatic heterocycles. The molecule has 0 amide bonds. The van der Waals surface area contributed by atoms with Crippen molar-refractivity contribution in [2.24, 2.45) is 4.99 Å². The van der Waals surface area contributed by atoms with Gasteiger partial charge in [-0.15, -0.1) is 0 Å². The van der Waals surface area contributed by atoms with Gasteiger partial charge in [0.05, 0.1) is 17.4 Å². The first kappa shape index (κ1) is 9.66. The van der Waals surface area contributed by atoms with Gasteiger partial charge in [0.15, 0.2) is 0 Å². The van der Waals surface area contributed by atoms with E-state index in [1.807, 2.05) is 6.07 Å². The minimum atomic E-state index is 0.738. The van der Waals surface area contributed by atoms with Crippen molar-refractivity contribution in [2.75, 3.05) is 0 Å². The lowest BCUT2D eigenvalue weighted by molar-refractivity contribution is 0.944. The van der Waals surface area contributed by atoms with Gasteiger partial charge in [0.25, 0.3) is 0 Å². The van der Waals surface area contributed by atoms with Gasteiger partial charge in [-0.05, 0) is 18.2 Å². The van der Waals surface area contributed by atoms with Gasteiger partial charge in [0.2, 0.25) is 0 Å². The van der Waals surface area contributed by atoms with Crippen LogP contribution in [0.4, 0.5) is 0 Å². The van der Waals surface area contributed by atoms with Gasteiger partial charge < -0.3 is 4.57 Å². The summed E-state index contributed by atoms with van der Waals surface area (Å²) in [6, 6.07) is 19.0. The van der Waals surface area contributed by atoms with Crippen molar-refractivity contribution in [1.29, 1.82) is 0 Å². The van der Waals surface area contributed by atoms with Crippen LogP contribution in [-0.4, -0.2) is 4.57 Å². The summed E-state index contributed by atoms with van der Waals surface area (Å²) in [5.41, 5.74) is 2.49. The SMILES string of the molecule is C1=c2ccccc2=NCc2cc3ccccc3n21. The lowest BCUT2D eigenvalue weighted by atomic mass is 10.2. The molecule has 0 aliphatic carbocycles. The van der Waals surface area contributed by atoms with E-state index >= 15 is 0 Å². The molecular weight excluding hydrogens is 220 g/mol. The first-order chi connectivity index (χ1) is 8.92. The molecule has 1 aliphatic heterocycles. The Bertz CT molecular complexity index is 856. The highest BCUT2D eigenvalue weighted by Crippen LogP contribution is 2.20. The maximum absolute atomic E-state index is 4.67. The third kappa shape index (κ3) is 1.32. The number of nitrogens with zero attached hydrogens (tertiary/aromatic N) is 2. The summed E-state index contributed by atoms with van der Waals surface area (Å²) < 4.78 is 2.25. The zero-order chi connectivity index (χ0) is 11.9. The van der Waals surface area contributed by atoms with E-state index in [2.05, 4.69) is 64.3 Å². The molecule has 0 radical (unpaired) electrons. The van der Waals surface area contributed by atoms with E-state index in [4.69, 9.17) is 0 Å². The summed E-state index contributed by atoms with van der Waals surface area (Å²) in [6.07, 6.45) is 2.18. The largest absolute Gasteiger partial charge is 0.318 e. The Morgan fingerprint density at radius 1 is 0.944 bits per heavy atom. The van der Waals surface area contributed by atoms with Crippen molar-refractivity contribution in [3.8, 4) is 0 Å². The van der Waals surface area contributed by atoms with E-state index < -0.39 is 0 Å². The van der Waals surface area contributed by atoms with E-state index in [0.29, 0.717) is 0 Å². The highest BCUT2D eigenvalue weighted by molar-refractivity contribution is 5.83. The average molecular weight is 232 g/mol. The molecule has 0 saturated carbocycles. The van der Waals surface area contributed by atoms with Crippen LogP contribution in [0.3, 0.4) is 0 Å². The second-order valence-electron chi connectivity index (χ2n) is 4.57. The average Bonchev–Trinajstić information content (AvgIpc) is 2.65. The summed E-state index contributed by atoms with van der Waals surface area (Å²) in [6.45, 7) is 0.738. The smallest absolute Gasteiger partial charge is 0.0802 e. The van der Waals surface area contributed by atoms with Crippen LogP contribution in [0.25, 0.3) is 17.1 Å². The van der Waals surface area contributed by atoms with Gasteiger partial charge in [-0.3, -0.25) is 4.99 Å². The molecule has 4 rings (SSSR count). The Hall–Kier alpha value is -2.35. The van der Waals surface area contributed by atoms with Crippen LogP contribution < -0.4 is 10.6 Å². The Morgan fingerprint density at radius 3 is 2.78 bits per heavy atom. The molecule has 0 N–H and O–H groups in total. The van der Waals surface area contributed by atoms with Crippen LogP contribution in [0.5, 0.6) is 0 Å². The maximum Gasteiger partial charge on any atom is 0.0802 e. The Balaban J connectivity index is 2.14.